The molecule has 1 unspecified atom stereocenters. The first-order valence-corrected chi connectivity index (χ1v) is 13.6. The third-order valence-corrected chi connectivity index (χ3v) is 11.3. The first-order valence-electron chi connectivity index (χ1n) is 13.6. The Bertz CT molecular complexity index is 761. The summed E-state index contributed by atoms with van der Waals surface area (Å²) in [5.41, 5.74) is 1.74. The number of aliphatic hydroxyl groups is 1. The molecule has 0 aromatic heterocycles. The highest BCUT2D eigenvalue weighted by atomic mass is 16.3. The predicted octanol–water partition coefficient (Wildman–Crippen LogP) is 6.96. The van der Waals surface area contributed by atoms with Gasteiger partial charge >= 0.3 is 0 Å². The minimum absolute atomic E-state index is 0.0506. The van der Waals surface area contributed by atoms with Crippen LogP contribution >= 0.6 is 0 Å². The average molecular weight is 427 g/mol. The van der Waals surface area contributed by atoms with Gasteiger partial charge in [-0.05, 0) is 97.7 Å². The fourth-order valence-corrected chi connectivity index (χ4v) is 9.71. The Morgan fingerprint density at radius 2 is 1.77 bits per heavy atom. The molecule has 0 heterocycles. The summed E-state index contributed by atoms with van der Waals surface area (Å²) < 4.78 is 0. The van der Waals surface area contributed by atoms with Crippen molar-refractivity contribution >= 4 is 5.78 Å². The number of rotatable bonds is 5. The number of hydrogen-bond acceptors (Lipinski definition) is 2. The average Bonchev–Trinajstić information content (AvgIpc) is 3.40. The second-order valence-electron chi connectivity index (χ2n) is 13.3. The zero-order valence-corrected chi connectivity index (χ0v) is 20.8. The number of allylic oxidation sites excluding steroid dienone is 2. The van der Waals surface area contributed by atoms with Gasteiger partial charge in [-0.15, -0.1) is 0 Å². The van der Waals surface area contributed by atoms with Crippen LogP contribution in [0.1, 0.15) is 105 Å². The van der Waals surface area contributed by atoms with Crippen molar-refractivity contribution in [3.05, 3.63) is 11.6 Å². The van der Waals surface area contributed by atoms with E-state index in [0.717, 1.165) is 42.4 Å². The largest absolute Gasteiger partial charge is 0.385 e. The lowest BCUT2D eigenvalue weighted by molar-refractivity contribution is -0.141. The van der Waals surface area contributed by atoms with Gasteiger partial charge in [0.1, 0.15) is 6.10 Å². The molecule has 0 bridgehead atoms. The molecule has 4 saturated carbocycles. The summed E-state index contributed by atoms with van der Waals surface area (Å²) >= 11 is 0. The van der Waals surface area contributed by atoms with E-state index in [9.17, 15) is 9.90 Å². The van der Waals surface area contributed by atoms with Crippen LogP contribution in [0.15, 0.2) is 11.6 Å². The second-order valence-corrected chi connectivity index (χ2v) is 13.3. The van der Waals surface area contributed by atoms with Crippen LogP contribution in [0, 0.1) is 51.8 Å². The lowest BCUT2D eigenvalue weighted by Gasteiger charge is -2.59. The number of hydrogen-bond donors (Lipinski definition) is 1. The number of Topliss-reactive ketones (excluding diaryl/α,β-unsaturated/α-hetero) is 1. The Balaban J connectivity index is 1.37. The minimum Gasteiger partial charge on any atom is -0.385 e. The first-order chi connectivity index (χ1) is 14.6. The summed E-state index contributed by atoms with van der Waals surface area (Å²) in [5.74, 6) is 4.97. The monoisotopic (exact) mass is 426 g/mol. The lowest BCUT2D eigenvalue weighted by atomic mass is 9.45. The van der Waals surface area contributed by atoms with E-state index in [2.05, 4.69) is 40.7 Å². The summed E-state index contributed by atoms with van der Waals surface area (Å²) in [5, 5.41) is 10.7. The molecule has 2 nitrogen and oxygen atoms in total. The van der Waals surface area contributed by atoms with Gasteiger partial charge in [0.2, 0.25) is 0 Å². The van der Waals surface area contributed by atoms with Crippen LogP contribution in [-0.4, -0.2) is 17.0 Å². The third kappa shape index (κ3) is 3.17. The highest BCUT2D eigenvalue weighted by Crippen LogP contribution is 2.72. The normalized spacial score (nSPS) is 46.4. The Labute approximate surface area is 190 Å². The number of fused-ring (bicyclic) bond motifs is 6. The molecule has 0 saturated heterocycles. The van der Waals surface area contributed by atoms with Gasteiger partial charge in [0.25, 0.3) is 0 Å². The van der Waals surface area contributed by atoms with Gasteiger partial charge in [-0.1, -0.05) is 65.5 Å². The van der Waals surface area contributed by atoms with E-state index < -0.39 is 6.10 Å². The molecule has 2 heteroatoms. The Kier molecular flexibility index (Phi) is 5.32. The SMILES string of the molecule is CC(C)CCC[C@H](C)[C@H]1CC[C@H]2[C@@H]3CC=C4C5(CC5)C(=O)C(O)C[C@]4(C)[C@H]3CC[C@]12C. The van der Waals surface area contributed by atoms with Crippen molar-refractivity contribution in [3.63, 3.8) is 0 Å². The molecular formula is C29H46O2. The molecule has 5 aliphatic carbocycles. The van der Waals surface area contributed by atoms with E-state index in [1.165, 1.54) is 56.9 Å². The van der Waals surface area contributed by atoms with Crippen LogP contribution in [0.25, 0.3) is 0 Å². The van der Waals surface area contributed by atoms with Crippen LogP contribution in [0.5, 0.6) is 0 Å². The Morgan fingerprint density at radius 1 is 1.03 bits per heavy atom. The van der Waals surface area contributed by atoms with Crippen LogP contribution in [-0.2, 0) is 4.79 Å². The molecule has 1 spiro atoms. The highest BCUT2D eigenvalue weighted by molar-refractivity contribution is 5.95. The summed E-state index contributed by atoms with van der Waals surface area (Å²) in [4.78, 5) is 12.9. The predicted molar refractivity (Wildman–Crippen MR) is 126 cm³/mol. The van der Waals surface area contributed by atoms with E-state index >= 15 is 0 Å². The fraction of sp³-hybridized carbons (Fsp3) is 0.897. The lowest BCUT2D eigenvalue weighted by Crippen LogP contribution is -2.55. The van der Waals surface area contributed by atoms with Gasteiger partial charge < -0.3 is 5.11 Å². The van der Waals surface area contributed by atoms with Crippen molar-refractivity contribution in [1.82, 2.24) is 0 Å². The topological polar surface area (TPSA) is 37.3 Å². The van der Waals surface area contributed by atoms with Crippen molar-refractivity contribution in [1.29, 1.82) is 0 Å². The smallest absolute Gasteiger partial charge is 0.171 e. The van der Waals surface area contributed by atoms with E-state index in [0.29, 0.717) is 17.8 Å². The zero-order valence-electron chi connectivity index (χ0n) is 20.8. The Hall–Kier alpha value is -0.630. The first kappa shape index (κ1) is 22.2. The van der Waals surface area contributed by atoms with E-state index in [1.54, 1.807) is 0 Å². The summed E-state index contributed by atoms with van der Waals surface area (Å²) in [6.07, 6.45) is 15.3. The van der Waals surface area contributed by atoms with E-state index in [1.807, 2.05) is 0 Å². The number of carbonyl (C=O) groups is 1. The van der Waals surface area contributed by atoms with Crippen LogP contribution < -0.4 is 0 Å². The molecule has 174 valence electrons. The maximum Gasteiger partial charge on any atom is 0.171 e. The third-order valence-electron chi connectivity index (χ3n) is 11.3. The highest BCUT2D eigenvalue weighted by Gasteiger charge is 2.67. The van der Waals surface area contributed by atoms with Gasteiger partial charge in [0, 0.05) is 0 Å². The maximum atomic E-state index is 12.9. The summed E-state index contributed by atoms with van der Waals surface area (Å²) in [6.45, 7) is 12.3. The van der Waals surface area contributed by atoms with Gasteiger partial charge in [-0.2, -0.15) is 0 Å². The number of ketones is 1. The van der Waals surface area contributed by atoms with Gasteiger partial charge in [-0.25, -0.2) is 0 Å². The Morgan fingerprint density at radius 3 is 2.45 bits per heavy atom. The van der Waals surface area contributed by atoms with Crippen molar-refractivity contribution in [3.8, 4) is 0 Å². The number of aliphatic hydroxyl groups excluding tert-OH is 1. The van der Waals surface area contributed by atoms with Crippen LogP contribution in [0.4, 0.5) is 0 Å². The van der Waals surface area contributed by atoms with E-state index in [-0.39, 0.29) is 16.6 Å². The van der Waals surface area contributed by atoms with Crippen molar-refractivity contribution in [2.75, 3.05) is 0 Å². The molecule has 5 rings (SSSR count). The molecular weight excluding hydrogens is 380 g/mol. The molecule has 0 aliphatic heterocycles. The van der Waals surface area contributed by atoms with Crippen molar-refractivity contribution in [2.45, 2.75) is 111 Å². The van der Waals surface area contributed by atoms with Crippen LogP contribution in [0.3, 0.4) is 0 Å². The van der Waals surface area contributed by atoms with Crippen molar-refractivity contribution in [2.24, 2.45) is 51.8 Å². The van der Waals surface area contributed by atoms with E-state index in [4.69, 9.17) is 0 Å². The summed E-state index contributed by atoms with van der Waals surface area (Å²) in [7, 11) is 0. The minimum atomic E-state index is -0.728. The number of carbonyl (C=O) groups excluding carboxylic acids is 1. The molecule has 0 aromatic carbocycles. The molecule has 0 aromatic rings. The standard InChI is InChI=1S/C29H46O2/c1-18(2)7-6-8-19(3)21-10-11-22-20-9-12-25-28(5,23(20)13-14-27(21,22)4)17-24(30)26(31)29(25)15-16-29/h12,18-24,30H,6-11,13-17H2,1-5H3/t19-,20-,21+,22-,23-,24?,27+,28+/m0/s1. The van der Waals surface area contributed by atoms with Crippen LogP contribution in [0.2, 0.25) is 0 Å². The summed E-state index contributed by atoms with van der Waals surface area (Å²) in [6, 6.07) is 0. The van der Waals surface area contributed by atoms with Gasteiger partial charge in [-0.3, -0.25) is 4.79 Å². The molecule has 4 fully saturated rings. The molecule has 31 heavy (non-hydrogen) atoms. The molecule has 0 radical (unpaired) electrons. The maximum absolute atomic E-state index is 12.9. The quantitative estimate of drug-likeness (QED) is 0.483. The molecule has 8 atom stereocenters. The fourth-order valence-electron chi connectivity index (χ4n) is 9.71. The van der Waals surface area contributed by atoms with Crippen molar-refractivity contribution < 1.29 is 9.90 Å². The molecule has 5 aliphatic rings. The second kappa shape index (κ2) is 7.44. The van der Waals surface area contributed by atoms with Gasteiger partial charge in [0.05, 0.1) is 5.41 Å². The zero-order chi connectivity index (χ0) is 22.2. The van der Waals surface area contributed by atoms with Gasteiger partial charge in [0.15, 0.2) is 5.78 Å². The molecule has 1 N–H and O–H groups in total. The molecule has 0 amide bonds.